The SMILES string of the molecule is O=C(OCC1CC=CCC1)c1occc1CS(=O)(=O)c1ccccc1. The van der Waals surface area contributed by atoms with Crippen molar-refractivity contribution in [1.82, 2.24) is 0 Å². The third-order valence-electron chi connectivity index (χ3n) is 4.21. The Kier molecular flexibility index (Phi) is 5.38. The van der Waals surface area contributed by atoms with Crippen LogP contribution >= 0.6 is 0 Å². The number of benzene rings is 1. The van der Waals surface area contributed by atoms with Crippen molar-refractivity contribution < 1.29 is 22.4 Å². The van der Waals surface area contributed by atoms with E-state index < -0.39 is 15.8 Å². The maximum atomic E-state index is 12.5. The fourth-order valence-electron chi connectivity index (χ4n) is 2.81. The van der Waals surface area contributed by atoms with Crippen molar-refractivity contribution in [2.75, 3.05) is 6.61 Å². The Bertz CT molecular complexity index is 849. The largest absolute Gasteiger partial charge is 0.460 e. The molecule has 1 aliphatic carbocycles. The van der Waals surface area contributed by atoms with Crippen molar-refractivity contribution in [3.8, 4) is 0 Å². The van der Waals surface area contributed by atoms with E-state index >= 15 is 0 Å². The second-order valence-corrected chi connectivity index (χ2v) is 8.09. The molecule has 0 fully saturated rings. The molecule has 0 amide bonds. The van der Waals surface area contributed by atoms with Crippen molar-refractivity contribution in [2.24, 2.45) is 5.92 Å². The molecule has 1 aromatic carbocycles. The summed E-state index contributed by atoms with van der Waals surface area (Å²) in [5.41, 5.74) is 0.317. The molecule has 1 unspecified atom stereocenters. The molecule has 0 aliphatic heterocycles. The van der Waals surface area contributed by atoms with Crippen LogP contribution in [0, 0.1) is 5.92 Å². The second-order valence-electron chi connectivity index (χ2n) is 6.10. The first-order valence-electron chi connectivity index (χ1n) is 8.22. The lowest BCUT2D eigenvalue weighted by Gasteiger charge is -2.17. The van der Waals surface area contributed by atoms with Crippen LogP contribution in [0.25, 0.3) is 0 Å². The van der Waals surface area contributed by atoms with E-state index in [2.05, 4.69) is 12.2 Å². The number of sulfone groups is 1. The van der Waals surface area contributed by atoms with Gasteiger partial charge in [-0.05, 0) is 43.4 Å². The number of esters is 1. The normalized spacial score (nSPS) is 17.4. The van der Waals surface area contributed by atoms with Crippen LogP contribution in [0.5, 0.6) is 0 Å². The topological polar surface area (TPSA) is 73.6 Å². The highest BCUT2D eigenvalue weighted by Gasteiger charge is 2.24. The molecule has 0 N–H and O–H groups in total. The standard InChI is InChI=1S/C19H20O5S/c20-19(24-13-15-7-3-1-4-8-15)18-16(11-12-23-18)14-25(21,22)17-9-5-2-6-10-17/h1-3,5-6,9-12,15H,4,7-8,13-14H2. The van der Waals surface area contributed by atoms with Crippen LogP contribution in [0.3, 0.4) is 0 Å². The molecule has 0 saturated heterocycles. The number of hydrogen-bond acceptors (Lipinski definition) is 5. The van der Waals surface area contributed by atoms with Crippen molar-refractivity contribution in [3.05, 3.63) is 66.1 Å². The fraction of sp³-hybridized carbons (Fsp3) is 0.316. The number of rotatable bonds is 6. The predicted octanol–water partition coefficient (Wildman–Crippen LogP) is 3.77. The van der Waals surface area contributed by atoms with E-state index in [4.69, 9.17) is 9.15 Å². The van der Waals surface area contributed by atoms with E-state index in [1.54, 1.807) is 18.2 Å². The molecule has 6 heteroatoms. The van der Waals surface area contributed by atoms with Gasteiger partial charge in [-0.15, -0.1) is 0 Å². The lowest BCUT2D eigenvalue weighted by molar-refractivity contribution is 0.0395. The molecule has 0 radical (unpaired) electrons. The van der Waals surface area contributed by atoms with Gasteiger partial charge in [-0.1, -0.05) is 30.4 Å². The number of ether oxygens (including phenoxy) is 1. The average Bonchev–Trinajstić information content (AvgIpc) is 3.09. The van der Waals surface area contributed by atoms with Crippen molar-refractivity contribution in [2.45, 2.75) is 29.9 Å². The Balaban J connectivity index is 1.67. The molecule has 1 atom stereocenters. The Morgan fingerprint density at radius 1 is 1.16 bits per heavy atom. The van der Waals surface area contributed by atoms with E-state index in [0.717, 1.165) is 19.3 Å². The number of carbonyl (C=O) groups is 1. The van der Waals surface area contributed by atoms with Crippen LogP contribution < -0.4 is 0 Å². The van der Waals surface area contributed by atoms with E-state index in [0.29, 0.717) is 18.1 Å². The van der Waals surface area contributed by atoms with Gasteiger partial charge in [-0.2, -0.15) is 0 Å². The van der Waals surface area contributed by atoms with Crippen LogP contribution in [0.15, 0.2) is 64.1 Å². The summed E-state index contributed by atoms with van der Waals surface area (Å²) in [6.07, 6.45) is 8.39. The fourth-order valence-corrected chi connectivity index (χ4v) is 4.19. The Hall–Kier alpha value is -2.34. The van der Waals surface area contributed by atoms with Gasteiger partial charge in [-0.3, -0.25) is 0 Å². The minimum absolute atomic E-state index is 0.0362. The minimum Gasteiger partial charge on any atom is -0.460 e. The molecule has 0 bridgehead atoms. The van der Waals surface area contributed by atoms with E-state index in [1.807, 2.05) is 0 Å². The summed E-state index contributed by atoms with van der Waals surface area (Å²) in [6, 6.07) is 9.64. The summed E-state index contributed by atoms with van der Waals surface area (Å²) in [5, 5.41) is 0. The maximum absolute atomic E-state index is 12.5. The second kappa shape index (κ2) is 7.70. The summed E-state index contributed by atoms with van der Waals surface area (Å²) < 4.78 is 35.5. The highest BCUT2D eigenvalue weighted by molar-refractivity contribution is 7.90. The Morgan fingerprint density at radius 2 is 1.96 bits per heavy atom. The molecular formula is C19H20O5S. The lowest BCUT2D eigenvalue weighted by Crippen LogP contribution is -2.16. The van der Waals surface area contributed by atoms with Gasteiger partial charge in [0, 0.05) is 5.56 Å². The van der Waals surface area contributed by atoms with Crippen LogP contribution in [-0.2, 0) is 20.3 Å². The number of carbonyl (C=O) groups excluding carboxylic acids is 1. The molecule has 0 spiro atoms. The quantitative estimate of drug-likeness (QED) is 0.579. The summed E-state index contributed by atoms with van der Waals surface area (Å²) >= 11 is 0. The zero-order valence-corrected chi connectivity index (χ0v) is 14.6. The van der Waals surface area contributed by atoms with Gasteiger partial charge < -0.3 is 9.15 Å². The number of furan rings is 1. The lowest BCUT2D eigenvalue weighted by atomic mass is 9.95. The molecule has 2 aromatic rings. The van der Waals surface area contributed by atoms with Crippen molar-refractivity contribution >= 4 is 15.8 Å². The Morgan fingerprint density at radius 3 is 2.68 bits per heavy atom. The first kappa shape index (κ1) is 17.5. The van der Waals surface area contributed by atoms with E-state index in [1.165, 1.54) is 24.5 Å². The predicted molar refractivity (Wildman–Crippen MR) is 92.8 cm³/mol. The monoisotopic (exact) mass is 360 g/mol. The zero-order chi connectivity index (χ0) is 17.7. The van der Waals surface area contributed by atoms with Gasteiger partial charge in [0.15, 0.2) is 9.84 Å². The highest BCUT2D eigenvalue weighted by Crippen LogP contribution is 2.22. The summed E-state index contributed by atoms with van der Waals surface area (Å²) in [4.78, 5) is 12.5. The maximum Gasteiger partial charge on any atom is 0.374 e. The summed E-state index contributed by atoms with van der Waals surface area (Å²) in [5.74, 6) is -0.645. The molecule has 0 saturated carbocycles. The number of allylic oxidation sites excluding steroid dienone is 2. The molecule has 1 aromatic heterocycles. The molecule has 1 heterocycles. The van der Waals surface area contributed by atoms with Gasteiger partial charge in [0.25, 0.3) is 0 Å². The van der Waals surface area contributed by atoms with Crippen molar-refractivity contribution in [3.63, 3.8) is 0 Å². The average molecular weight is 360 g/mol. The summed E-state index contributed by atoms with van der Waals surface area (Å²) in [7, 11) is -3.55. The first-order valence-corrected chi connectivity index (χ1v) is 9.88. The van der Waals surface area contributed by atoms with Gasteiger partial charge in [0.1, 0.15) is 0 Å². The smallest absolute Gasteiger partial charge is 0.374 e. The van der Waals surface area contributed by atoms with Crippen LogP contribution in [0.2, 0.25) is 0 Å². The molecule has 3 rings (SSSR count). The van der Waals surface area contributed by atoms with Crippen LogP contribution in [0.4, 0.5) is 0 Å². The number of hydrogen-bond donors (Lipinski definition) is 0. The third-order valence-corrected chi connectivity index (χ3v) is 5.89. The summed E-state index contributed by atoms with van der Waals surface area (Å²) in [6.45, 7) is 0.314. The van der Waals surface area contributed by atoms with Gasteiger partial charge in [0.05, 0.1) is 23.5 Å². The van der Waals surface area contributed by atoms with E-state index in [9.17, 15) is 13.2 Å². The zero-order valence-electron chi connectivity index (χ0n) is 13.8. The molecular weight excluding hydrogens is 340 g/mol. The van der Waals surface area contributed by atoms with Gasteiger partial charge in [0.2, 0.25) is 5.76 Å². The highest BCUT2D eigenvalue weighted by atomic mass is 32.2. The minimum atomic E-state index is -3.55. The van der Waals surface area contributed by atoms with Crippen LogP contribution in [-0.4, -0.2) is 21.0 Å². The Labute approximate surface area is 147 Å². The van der Waals surface area contributed by atoms with Crippen LogP contribution in [0.1, 0.15) is 35.4 Å². The van der Waals surface area contributed by atoms with Gasteiger partial charge >= 0.3 is 5.97 Å². The molecule has 1 aliphatic rings. The van der Waals surface area contributed by atoms with E-state index in [-0.39, 0.29) is 16.4 Å². The third kappa shape index (κ3) is 4.39. The van der Waals surface area contributed by atoms with Crippen molar-refractivity contribution in [1.29, 1.82) is 0 Å². The molecule has 132 valence electrons. The molecule has 5 nitrogen and oxygen atoms in total. The first-order chi connectivity index (χ1) is 12.1. The molecule has 25 heavy (non-hydrogen) atoms. The van der Waals surface area contributed by atoms with Gasteiger partial charge in [-0.25, -0.2) is 13.2 Å².